The quantitative estimate of drug-likeness (QED) is 0.0501. The third kappa shape index (κ3) is 36.4. The molecular weight excluding hydrogens is 768 g/mol. The van der Waals surface area contributed by atoms with Gasteiger partial charge in [0, 0.05) is 63.7 Å². The van der Waals surface area contributed by atoms with E-state index in [1.165, 1.54) is 6.92 Å². The Bertz CT molecular complexity index is 607. The molecule has 0 fully saturated rings. The van der Waals surface area contributed by atoms with Crippen molar-refractivity contribution in [3.63, 3.8) is 0 Å². The number of quaternary nitrogens is 2. The van der Waals surface area contributed by atoms with Gasteiger partial charge in [-0.2, -0.15) is 0 Å². The van der Waals surface area contributed by atoms with Crippen LogP contribution in [0.3, 0.4) is 0 Å². The molecule has 0 rings (SSSR count). The van der Waals surface area contributed by atoms with Crippen LogP contribution in [-0.2, 0) is 9.59 Å². The molecule has 14 heteroatoms. The Kier molecular flexibility index (Phi) is 47.0. The molecule has 42 heavy (non-hydrogen) atoms. The molecule has 0 heterocycles. The molecule has 262 valence electrons. The van der Waals surface area contributed by atoms with Gasteiger partial charge in [-0.25, -0.2) is 0 Å². The monoisotopic (exact) mass is 841 g/mol. The van der Waals surface area contributed by atoms with Gasteiger partial charge in [0.2, 0.25) is 5.91 Å². The number of carbonyl (C=O) groups is 2. The first-order valence-electron chi connectivity index (χ1n) is 12.9. The summed E-state index contributed by atoms with van der Waals surface area (Å²) < 4.78 is 1.17. The average molecular weight is 842 g/mol. The number of hydrogen-bond donors (Lipinski definition) is 6. The molecule has 0 saturated heterocycles. The molecule has 0 bridgehead atoms. The van der Waals surface area contributed by atoms with E-state index in [4.69, 9.17) is 0 Å². The van der Waals surface area contributed by atoms with Gasteiger partial charge in [-0.3, -0.25) is 19.4 Å². The summed E-state index contributed by atoms with van der Waals surface area (Å²) in [6, 6.07) is 0. The first-order valence-corrected chi connectivity index (χ1v) is 19.2. The van der Waals surface area contributed by atoms with E-state index in [1.54, 1.807) is 7.05 Å². The van der Waals surface area contributed by atoms with Crippen molar-refractivity contribution in [3.8, 4) is 0 Å². The smallest absolute Gasteiger partial charge is 0.228 e. The highest BCUT2D eigenvalue weighted by molar-refractivity contribution is 15.0. The molecular formula is C28H73I2N7O5+2. The minimum Gasteiger partial charge on any atom is -0.386 e. The van der Waals surface area contributed by atoms with Crippen LogP contribution in [0.5, 0.6) is 0 Å². The Hall–Kier alpha value is 0.240. The van der Waals surface area contributed by atoms with Crippen LogP contribution in [0.4, 0.5) is 0 Å². The van der Waals surface area contributed by atoms with Crippen LogP contribution < -0.4 is 16.0 Å². The van der Waals surface area contributed by atoms with E-state index in [0.29, 0.717) is 24.2 Å². The molecule has 0 aromatic heterocycles. The maximum Gasteiger partial charge on any atom is 0.228 e. The molecule has 0 aromatic carbocycles. The van der Waals surface area contributed by atoms with Crippen LogP contribution in [0.15, 0.2) is 0 Å². The van der Waals surface area contributed by atoms with Crippen molar-refractivity contribution < 1.29 is 33.9 Å². The number of likely N-dealkylation sites (N-methyl/N-ethyl adjacent to an activating group) is 3. The predicted molar refractivity (Wildman–Crippen MR) is 199 cm³/mol. The Morgan fingerprint density at radius 2 is 1.19 bits per heavy atom. The van der Waals surface area contributed by atoms with Gasteiger partial charge in [0.05, 0.1) is 47.8 Å². The van der Waals surface area contributed by atoms with Crippen molar-refractivity contribution in [2.24, 2.45) is 0 Å². The van der Waals surface area contributed by atoms with Crippen molar-refractivity contribution in [2.45, 2.75) is 69.1 Å². The van der Waals surface area contributed by atoms with E-state index in [1.807, 2.05) is 26.0 Å². The minimum absolute atomic E-state index is 0. The fraction of sp³-hybridized carbons (Fsp3) is 0.929. The first-order chi connectivity index (χ1) is 17.6. The minimum atomic E-state index is -0.634. The summed E-state index contributed by atoms with van der Waals surface area (Å²) in [5.41, 5.74) is 0. The van der Waals surface area contributed by atoms with Crippen LogP contribution in [0, 0.1) is 0 Å². The van der Waals surface area contributed by atoms with Crippen LogP contribution in [-0.4, -0.2) is 166 Å². The molecule has 0 aromatic rings. The van der Waals surface area contributed by atoms with Gasteiger partial charge in [0.25, 0.3) is 0 Å². The Morgan fingerprint density at radius 3 is 1.55 bits per heavy atom. The highest BCUT2D eigenvalue weighted by Crippen LogP contribution is 2.02. The summed E-state index contributed by atoms with van der Waals surface area (Å²) in [5.74, 6) is -0.515. The largest absolute Gasteiger partial charge is 0.386 e. The Morgan fingerprint density at radius 1 is 0.786 bits per heavy atom. The summed E-state index contributed by atoms with van der Waals surface area (Å²) in [4.78, 5) is 26.3. The number of nitrogens with zero attached hydrogens (tertiary/aromatic N) is 4. The van der Waals surface area contributed by atoms with Gasteiger partial charge in [-0.05, 0) is 34.5 Å². The highest BCUT2D eigenvalue weighted by Gasteiger charge is 2.22. The normalized spacial score (nSPS) is 12.0. The maximum atomic E-state index is 11.4. The number of Topliss-reactive ketones (excluding diaryl/α,β-unsaturated/α-hetero) is 1. The number of rotatable bonds is 19. The van der Waals surface area contributed by atoms with Gasteiger partial charge in [-0.15, -0.1) is 0 Å². The molecule has 0 radical (unpaired) electrons. The summed E-state index contributed by atoms with van der Waals surface area (Å²) in [6.07, 6.45) is -1.01. The number of amides is 1. The number of aliphatic hydroxyl groups is 3. The van der Waals surface area contributed by atoms with Crippen molar-refractivity contribution in [1.29, 1.82) is 0 Å². The lowest BCUT2D eigenvalue weighted by atomic mass is 10.2. The third-order valence-corrected chi connectivity index (χ3v) is 5.71. The second kappa shape index (κ2) is 34.1. The van der Waals surface area contributed by atoms with E-state index in [2.05, 4.69) is 86.0 Å². The fourth-order valence-corrected chi connectivity index (χ4v) is 3.47. The van der Waals surface area contributed by atoms with E-state index in [9.17, 15) is 24.9 Å². The number of ketones is 1. The maximum absolute atomic E-state index is 11.4. The number of hydrogen-bond acceptors (Lipinski definition) is 9. The van der Waals surface area contributed by atoms with Crippen LogP contribution >= 0.6 is 37.2 Å². The van der Waals surface area contributed by atoms with Crippen molar-refractivity contribution in [3.05, 3.63) is 0 Å². The number of halogens is 2. The van der Waals surface area contributed by atoms with Crippen molar-refractivity contribution in [1.82, 2.24) is 25.8 Å². The summed E-state index contributed by atoms with van der Waals surface area (Å²) in [7, 11) is 11.6. The predicted octanol–water partition coefficient (Wildman–Crippen LogP) is 2.16. The topological polar surface area (TPSA) is 137 Å². The van der Waals surface area contributed by atoms with Crippen molar-refractivity contribution in [2.75, 3.05) is 108 Å². The van der Waals surface area contributed by atoms with E-state index in [0.717, 1.165) is 37.3 Å². The van der Waals surface area contributed by atoms with Crippen LogP contribution in [0.25, 0.3) is 0 Å². The molecule has 2 unspecified atom stereocenters. The molecule has 2 atom stereocenters. The molecule has 0 aliphatic heterocycles. The van der Waals surface area contributed by atoms with E-state index >= 15 is 0 Å². The van der Waals surface area contributed by atoms with Gasteiger partial charge < -0.3 is 40.2 Å². The van der Waals surface area contributed by atoms with Gasteiger partial charge in [0.15, 0.2) is 6.73 Å². The SMILES string of the molecule is C.C.C.C.CCN(CNC)CC(O)C[N+](C)(C)CC.CNCN(CNC(=O)CC(C)=O)CC(O)C[N+](C)(C)CO.II. The van der Waals surface area contributed by atoms with Gasteiger partial charge in [-0.1, -0.05) is 36.6 Å². The lowest BCUT2D eigenvalue weighted by Gasteiger charge is -2.32. The number of nitrogens with one attached hydrogen (secondary N) is 3. The lowest BCUT2D eigenvalue weighted by molar-refractivity contribution is -0.911. The first kappa shape index (κ1) is 57.8. The Balaban J connectivity index is -0.000000105. The molecule has 12 nitrogen and oxygen atoms in total. The van der Waals surface area contributed by atoms with Gasteiger partial charge in [0.1, 0.15) is 31.1 Å². The van der Waals surface area contributed by atoms with E-state index in [-0.39, 0.29) is 67.3 Å². The molecule has 0 saturated carbocycles. The summed E-state index contributed by atoms with van der Waals surface area (Å²) in [6.45, 7) is 11.5. The van der Waals surface area contributed by atoms with E-state index < -0.39 is 6.10 Å². The Labute approximate surface area is 284 Å². The van der Waals surface area contributed by atoms with Crippen molar-refractivity contribution >= 4 is 48.9 Å². The van der Waals surface area contributed by atoms with Crippen LogP contribution in [0.1, 0.15) is 56.9 Å². The zero-order chi connectivity index (χ0) is 30.4. The average Bonchev–Trinajstić information content (AvgIpc) is 2.83. The standard InChI is InChI=1S/C13H28N4O4.C11H28N3O.4CH4.I2/c1-11(19)5-13(21)15-9-16(8-14-2)6-12(20)7-17(3,4)10-18;1-6-13(10-12-3)8-11(15)9-14(4,5)7-2;;;;;1-2/h12,14,18,20H,5-10H2,1-4H3;11-12,15H,6-10H2,1-5H3;4*1H4;/q;+1;;;;;/p+1. The van der Waals surface area contributed by atoms with Gasteiger partial charge >= 0.3 is 0 Å². The van der Waals surface area contributed by atoms with Crippen LogP contribution in [0.2, 0.25) is 0 Å². The zero-order valence-corrected chi connectivity index (χ0v) is 29.5. The third-order valence-electron chi connectivity index (χ3n) is 5.71. The lowest BCUT2D eigenvalue weighted by Crippen LogP contribution is -2.51. The fourth-order valence-electron chi connectivity index (χ4n) is 3.47. The molecule has 6 N–H and O–H groups in total. The zero-order valence-electron chi connectivity index (χ0n) is 25.1. The molecule has 0 aliphatic carbocycles. The molecule has 0 spiro atoms. The second-order valence-electron chi connectivity index (χ2n) is 10.7. The molecule has 1 amide bonds. The second-order valence-corrected chi connectivity index (χ2v) is 10.7. The number of carbonyl (C=O) groups excluding carboxylic acids is 2. The summed E-state index contributed by atoms with van der Waals surface area (Å²) in [5, 5.41) is 37.9. The number of aliphatic hydroxyl groups excluding tert-OH is 3. The molecule has 0 aliphatic rings. The summed E-state index contributed by atoms with van der Waals surface area (Å²) >= 11 is 4.24. The highest BCUT2D eigenvalue weighted by atomic mass is 128.